The molecule has 0 saturated heterocycles. The first kappa shape index (κ1) is 19.7. The van der Waals surface area contributed by atoms with E-state index in [1.165, 1.54) is 6.33 Å². The number of aromatic amines is 1. The first-order valence-electron chi connectivity index (χ1n) is 9.27. The molecule has 0 unspecified atom stereocenters. The number of aromatic nitrogens is 4. The fraction of sp³-hybridized carbons (Fsp3) is 0.143. The summed E-state index contributed by atoms with van der Waals surface area (Å²) in [5, 5.41) is 15.2. The van der Waals surface area contributed by atoms with Crippen LogP contribution in [0.25, 0.3) is 11.0 Å². The highest BCUT2D eigenvalue weighted by Crippen LogP contribution is 2.29. The van der Waals surface area contributed by atoms with Crippen LogP contribution in [0.5, 0.6) is 0 Å². The Morgan fingerprint density at radius 1 is 1.10 bits per heavy atom. The molecule has 152 valence electrons. The maximum Gasteiger partial charge on any atom is 0.253 e. The van der Waals surface area contributed by atoms with Crippen molar-refractivity contribution in [3.63, 3.8) is 0 Å². The molecule has 4 aromatic rings. The Morgan fingerprint density at radius 3 is 2.73 bits per heavy atom. The summed E-state index contributed by atoms with van der Waals surface area (Å²) in [6.07, 6.45) is 1.47. The molecule has 0 aliphatic carbocycles. The summed E-state index contributed by atoms with van der Waals surface area (Å²) in [6, 6.07) is 14.9. The smallest absolute Gasteiger partial charge is 0.253 e. The van der Waals surface area contributed by atoms with Gasteiger partial charge in [-0.25, -0.2) is 9.97 Å². The number of benzene rings is 2. The van der Waals surface area contributed by atoms with Gasteiger partial charge in [0.25, 0.3) is 5.91 Å². The first-order valence-corrected chi connectivity index (χ1v) is 9.65. The molecule has 0 spiro atoms. The highest BCUT2D eigenvalue weighted by Gasteiger charge is 2.14. The topological polar surface area (TPSA) is 98.8 Å². The number of H-pyrrole nitrogens is 1. The Bertz CT molecular complexity index is 1200. The van der Waals surface area contributed by atoms with Crippen LogP contribution in [0.15, 0.2) is 54.9 Å². The summed E-state index contributed by atoms with van der Waals surface area (Å²) in [7, 11) is 3.47. The molecule has 0 radical (unpaired) electrons. The van der Waals surface area contributed by atoms with Crippen molar-refractivity contribution >= 4 is 45.9 Å². The lowest BCUT2D eigenvalue weighted by atomic mass is 10.1. The van der Waals surface area contributed by atoms with Gasteiger partial charge in [0.2, 0.25) is 0 Å². The van der Waals surface area contributed by atoms with Crippen LogP contribution in [0.4, 0.5) is 17.3 Å². The minimum Gasteiger partial charge on any atom is -0.364 e. The molecule has 4 rings (SSSR count). The van der Waals surface area contributed by atoms with Gasteiger partial charge in [-0.1, -0.05) is 29.8 Å². The molecule has 0 bridgehead atoms. The van der Waals surface area contributed by atoms with E-state index in [4.69, 9.17) is 11.6 Å². The molecule has 3 N–H and O–H groups in total. The number of fused-ring (bicyclic) bond motifs is 1. The van der Waals surface area contributed by atoms with Crippen LogP contribution in [0.2, 0.25) is 5.02 Å². The molecule has 8 nitrogen and oxygen atoms in total. The van der Waals surface area contributed by atoms with E-state index in [1.54, 1.807) is 25.1 Å². The summed E-state index contributed by atoms with van der Waals surface area (Å²) in [5.74, 6) is 1.18. The van der Waals surface area contributed by atoms with Crippen molar-refractivity contribution in [2.75, 3.05) is 24.7 Å². The number of hydrogen-bond donors (Lipinski definition) is 3. The number of anilines is 3. The summed E-state index contributed by atoms with van der Waals surface area (Å²) in [4.78, 5) is 22.4. The average Bonchev–Trinajstić information content (AvgIpc) is 3.16. The number of nitrogens with one attached hydrogen (secondary N) is 3. The fourth-order valence-corrected chi connectivity index (χ4v) is 3.23. The third-order valence-electron chi connectivity index (χ3n) is 4.49. The number of rotatable bonds is 6. The van der Waals surface area contributed by atoms with Crippen molar-refractivity contribution in [3.8, 4) is 0 Å². The van der Waals surface area contributed by atoms with Crippen LogP contribution in [0.1, 0.15) is 15.9 Å². The van der Waals surface area contributed by atoms with Crippen LogP contribution >= 0.6 is 11.6 Å². The Labute approximate surface area is 178 Å². The van der Waals surface area contributed by atoms with Gasteiger partial charge in [-0.15, -0.1) is 0 Å². The van der Waals surface area contributed by atoms with Gasteiger partial charge in [-0.3, -0.25) is 9.89 Å². The highest BCUT2D eigenvalue weighted by atomic mass is 35.5. The van der Waals surface area contributed by atoms with Crippen molar-refractivity contribution in [2.45, 2.75) is 6.54 Å². The molecule has 0 saturated carbocycles. The van der Waals surface area contributed by atoms with Gasteiger partial charge in [0, 0.05) is 36.9 Å². The van der Waals surface area contributed by atoms with E-state index in [0.717, 1.165) is 16.6 Å². The molecule has 30 heavy (non-hydrogen) atoms. The van der Waals surface area contributed by atoms with Gasteiger partial charge in [-0.2, -0.15) is 5.10 Å². The van der Waals surface area contributed by atoms with E-state index in [2.05, 4.69) is 30.8 Å². The Kier molecular flexibility index (Phi) is 5.49. The number of nitrogens with zero attached hydrogens (tertiary/aromatic N) is 4. The van der Waals surface area contributed by atoms with E-state index in [9.17, 15) is 4.79 Å². The second-order valence-electron chi connectivity index (χ2n) is 6.91. The molecule has 1 amide bonds. The van der Waals surface area contributed by atoms with Crippen molar-refractivity contribution in [2.24, 2.45) is 0 Å². The molecule has 0 aliphatic heterocycles. The SMILES string of the molecule is CN(C)C(=O)c1cccc(CNc2n[nH]c3ncnc(Nc4cccc(Cl)c4)c23)c1. The maximum absolute atomic E-state index is 12.2. The van der Waals surface area contributed by atoms with E-state index in [-0.39, 0.29) is 5.91 Å². The van der Waals surface area contributed by atoms with Gasteiger partial charge in [0.05, 0.1) is 0 Å². The van der Waals surface area contributed by atoms with Crippen LogP contribution < -0.4 is 10.6 Å². The normalized spacial score (nSPS) is 10.8. The zero-order valence-electron chi connectivity index (χ0n) is 16.5. The summed E-state index contributed by atoms with van der Waals surface area (Å²) < 4.78 is 0. The lowest BCUT2D eigenvalue weighted by Gasteiger charge is -2.12. The molecule has 0 aliphatic rings. The summed E-state index contributed by atoms with van der Waals surface area (Å²) >= 11 is 6.08. The number of carbonyl (C=O) groups is 1. The molecule has 2 heterocycles. The van der Waals surface area contributed by atoms with Crippen molar-refractivity contribution in [3.05, 3.63) is 71.0 Å². The van der Waals surface area contributed by atoms with Gasteiger partial charge in [0.15, 0.2) is 11.5 Å². The Morgan fingerprint density at radius 2 is 1.93 bits per heavy atom. The van der Waals surface area contributed by atoms with Crippen molar-refractivity contribution < 1.29 is 4.79 Å². The quantitative estimate of drug-likeness (QED) is 0.434. The lowest BCUT2D eigenvalue weighted by molar-refractivity contribution is 0.0827. The minimum atomic E-state index is -0.0384. The molecule has 0 fully saturated rings. The molecule has 0 atom stereocenters. The Balaban J connectivity index is 1.58. The third kappa shape index (κ3) is 4.18. The van der Waals surface area contributed by atoms with Gasteiger partial charge in [0.1, 0.15) is 17.5 Å². The molecule has 2 aromatic heterocycles. The zero-order valence-corrected chi connectivity index (χ0v) is 17.2. The summed E-state index contributed by atoms with van der Waals surface area (Å²) in [6.45, 7) is 0.486. The zero-order chi connectivity index (χ0) is 21.1. The second kappa shape index (κ2) is 8.38. The monoisotopic (exact) mass is 421 g/mol. The van der Waals surface area contributed by atoms with Gasteiger partial charge in [-0.05, 0) is 35.9 Å². The van der Waals surface area contributed by atoms with E-state index >= 15 is 0 Å². The van der Waals surface area contributed by atoms with Gasteiger partial charge >= 0.3 is 0 Å². The van der Waals surface area contributed by atoms with Crippen LogP contribution in [-0.2, 0) is 6.54 Å². The first-order chi connectivity index (χ1) is 14.5. The molecule has 9 heteroatoms. The third-order valence-corrected chi connectivity index (χ3v) is 4.72. The number of amides is 1. The molecular formula is C21H20ClN7O. The minimum absolute atomic E-state index is 0.0384. The maximum atomic E-state index is 12.2. The molecule has 2 aromatic carbocycles. The van der Waals surface area contributed by atoms with Crippen LogP contribution in [0.3, 0.4) is 0 Å². The van der Waals surface area contributed by atoms with Gasteiger partial charge < -0.3 is 15.5 Å². The van der Waals surface area contributed by atoms with E-state index < -0.39 is 0 Å². The van der Waals surface area contributed by atoms with Crippen molar-refractivity contribution in [1.82, 2.24) is 25.1 Å². The fourth-order valence-electron chi connectivity index (χ4n) is 3.04. The number of halogens is 1. The van der Waals surface area contributed by atoms with Crippen LogP contribution in [-0.4, -0.2) is 45.1 Å². The number of hydrogen-bond acceptors (Lipinski definition) is 6. The van der Waals surface area contributed by atoms with E-state index in [1.807, 2.05) is 42.5 Å². The highest BCUT2D eigenvalue weighted by molar-refractivity contribution is 6.30. The lowest BCUT2D eigenvalue weighted by Crippen LogP contribution is -2.21. The summed E-state index contributed by atoms with van der Waals surface area (Å²) in [5.41, 5.74) is 3.01. The predicted octanol–water partition coefficient (Wildman–Crippen LogP) is 4.06. The standard InChI is InChI=1S/C21H20ClN7O/c1-29(2)21(30)14-6-3-5-13(9-14)11-23-19-17-18(24-12-25-20(17)28-27-19)26-16-8-4-7-15(22)10-16/h3-10,12H,11H2,1-2H3,(H3,23,24,25,26,27,28). The molecular weight excluding hydrogens is 402 g/mol. The average molecular weight is 422 g/mol. The van der Waals surface area contributed by atoms with Crippen LogP contribution in [0, 0.1) is 0 Å². The number of carbonyl (C=O) groups excluding carboxylic acids is 1. The van der Waals surface area contributed by atoms with Crippen molar-refractivity contribution in [1.29, 1.82) is 0 Å². The second-order valence-corrected chi connectivity index (χ2v) is 7.34. The predicted molar refractivity (Wildman–Crippen MR) is 118 cm³/mol. The largest absolute Gasteiger partial charge is 0.364 e. The Hall–Kier alpha value is -3.65. The van der Waals surface area contributed by atoms with E-state index in [0.29, 0.717) is 34.4 Å².